The van der Waals surface area contributed by atoms with Gasteiger partial charge < -0.3 is 4.52 Å². The van der Waals surface area contributed by atoms with E-state index >= 15 is 0 Å². The van der Waals surface area contributed by atoms with Crippen LogP contribution < -0.4 is 0 Å². The molecule has 2 rings (SSSR count). The van der Waals surface area contributed by atoms with Gasteiger partial charge in [0.1, 0.15) is 12.2 Å². The molecule has 0 unspecified atom stereocenters. The number of rotatable bonds is 3. The topological polar surface area (TPSA) is 43.9 Å². The summed E-state index contributed by atoms with van der Waals surface area (Å²) in [5, 5.41) is 7.58. The number of aromatic nitrogens is 3. The van der Waals surface area contributed by atoms with E-state index in [-0.39, 0.29) is 0 Å². The Labute approximate surface area is 90.9 Å². The number of aryl methyl sites for hydroxylation is 1. The lowest BCUT2D eigenvalue weighted by Crippen LogP contribution is -2.20. The number of hydrogen-bond donors (Lipinski definition) is 0. The van der Waals surface area contributed by atoms with Crippen molar-refractivity contribution in [2.75, 3.05) is 0 Å². The summed E-state index contributed by atoms with van der Waals surface area (Å²) >= 11 is 0. The van der Waals surface area contributed by atoms with Crippen LogP contribution in [0.5, 0.6) is 0 Å². The molecule has 0 spiro atoms. The quantitative estimate of drug-likeness (QED) is 0.809. The lowest BCUT2D eigenvalue weighted by Gasteiger charge is -2.10. The standard InChI is InChI=1S/C10H11F2N3O/c1-7-5-8(9-3-4-13-16-9)14-15(7)6-10(2,11)12/h3-5H,6H2,1-2H3. The summed E-state index contributed by atoms with van der Waals surface area (Å²) < 4.78 is 31.9. The highest BCUT2D eigenvalue weighted by atomic mass is 19.3. The summed E-state index contributed by atoms with van der Waals surface area (Å²) in [6.45, 7) is 2.15. The third-order valence-electron chi connectivity index (χ3n) is 2.10. The van der Waals surface area contributed by atoms with Crippen molar-refractivity contribution in [3.8, 4) is 11.5 Å². The first-order valence-electron chi connectivity index (χ1n) is 4.79. The Morgan fingerprint density at radius 1 is 1.50 bits per heavy atom. The van der Waals surface area contributed by atoms with Crippen LogP contribution in [-0.2, 0) is 6.54 Å². The van der Waals surface area contributed by atoms with Gasteiger partial charge >= 0.3 is 0 Å². The molecule has 0 atom stereocenters. The lowest BCUT2D eigenvalue weighted by molar-refractivity contribution is 0.0000597. The van der Waals surface area contributed by atoms with E-state index in [0.29, 0.717) is 17.1 Å². The third kappa shape index (κ3) is 2.26. The maximum atomic E-state index is 12.8. The van der Waals surface area contributed by atoms with E-state index in [1.54, 1.807) is 19.1 Å². The van der Waals surface area contributed by atoms with E-state index in [4.69, 9.17) is 4.52 Å². The molecule has 2 heterocycles. The molecule has 0 fully saturated rings. The van der Waals surface area contributed by atoms with Crippen molar-refractivity contribution < 1.29 is 13.3 Å². The highest BCUT2D eigenvalue weighted by Crippen LogP contribution is 2.21. The van der Waals surface area contributed by atoms with Gasteiger partial charge in [0, 0.05) is 18.7 Å². The van der Waals surface area contributed by atoms with Crippen molar-refractivity contribution in [2.45, 2.75) is 26.3 Å². The summed E-state index contributed by atoms with van der Waals surface area (Å²) in [7, 11) is 0. The Morgan fingerprint density at radius 3 is 2.81 bits per heavy atom. The fourth-order valence-corrected chi connectivity index (χ4v) is 1.40. The van der Waals surface area contributed by atoms with Gasteiger partial charge in [0.05, 0.1) is 6.20 Å². The maximum absolute atomic E-state index is 12.8. The molecule has 0 saturated carbocycles. The highest BCUT2D eigenvalue weighted by molar-refractivity contribution is 5.51. The number of alkyl halides is 2. The molecule has 86 valence electrons. The Morgan fingerprint density at radius 2 is 2.25 bits per heavy atom. The normalized spacial score (nSPS) is 12.0. The van der Waals surface area contributed by atoms with Gasteiger partial charge in [-0.05, 0) is 13.0 Å². The summed E-state index contributed by atoms with van der Waals surface area (Å²) in [5.74, 6) is -2.31. The Bertz CT molecular complexity index is 471. The second-order valence-electron chi connectivity index (χ2n) is 3.78. The molecule has 0 aromatic carbocycles. The van der Waals surface area contributed by atoms with E-state index in [1.807, 2.05) is 0 Å². The molecule has 0 amide bonds. The van der Waals surface area contributed by atoms with Crippen LogP contribution in [0.2, 0.25) is 0 Å². The van der Waals surface area contributed by atoms with Crippen molar-refractivity contribution in [3.63, 3.8) is 0 Å². The van der Waals surface area contributed by atoms with Crippen LogP contribution in [0.3, 0.4) is 0 Å². The molecule has 0 aliphatic heterocycles. The average Bonchev–Trinajstić information content (AvgIpc) is 2.73. The molecule has 0 radical (unpaired) electrons. The molecule has 6 heteroatoms. The van der Waals surface area contributed by atoms with Gasteiger partial charge in [0.2, 0.25) is 0 Å². The average molecular weight is 227 g/mol. The van der Waals surface area contributed by atoms with E-state index in [1.165, 1.54) is 10.9 Å². The van der Waals surface area contributed by atoms with Gasteiger partial charge in [-0.3, -0.25) is 4.68 Å². The van der Waals surface area contributed by atoms with Gasteiger partial charge in [0.25, 0.3) is 5.92 Å². The van der Waals surface area contributed by atoms with Crippen molar-refractivity contribution in [2.24, 2.45) is 0 Å². The maximum Gasteiger partial charge on any atom is 0.264 e. The second-order valence-corrected chi connectivity index (χ2v) is 3.78. The van der Waals surface area contributed by atoms with Crippen LogP contribution >= 0.6 is 0 Å². The van der Waals surface area contributed by atoms with E-state index in [0.717, 1.165) is 6.92 Å². The Hall–Kier alpha value is -1.72. The molecule has 2 aromatic rings. The minimum Gasteiger partial charge on any atom is -0.355 e. The van der Waals surface area contributed by atoms with E-state index in [9.17, 15) is 8.78 Å². The fraction of sp³-hybridized carbons (Fsp3) is 0.400. The lowest BCUT2D eigenvalue weighted by atomic mass is 10.3. The molecule has 2 aromatic heterocycles. The highest BCUT2D eigenvalue weighted by Gasteiger charge is 2.23. The zero-order valence-electron chi connectivity index (χ0n) is 8.94. The molecule has 0 saturated heterocycles. The van der Waals surface area contributed by atoms with Crippen molar-refractivity contribution in [1.29, 1.82) is 0 Å². The predicted molar refractivity (Wildman–Crippen MR) is 53.1 cm³/mol. The first-order chi connectivity index (χ1) is 7.46. The molecule has 0 aliphatic rings. The van der Waals surface area contributed by atoms with Crippen LogP contribution in [0, 0.1) is 6.92 Å². The van der Waals surface area contributed by atoms with Crippen LogP contribution in [0.25, 0.3) is 11.5 Å². The first kappa shape index (κ1) is 10.8. The minimum absolute atomic E-state index is 0.438. The van der Waals surface area contributed by atoms with Gasteiger partial charge in [-0.15, -0.1) is 0 Å². The molecular weight excluding hydrogens is 216 g/mol. The zero-order chi connectivity index (χ0) is 11.8. The van der Waals surface area contributed by atoms with Crippen molar-refractivity contribution in [3.05, 3.63) is 24.0 Å². The number of nitrogens with zero attached hydrogens (tertiary/aromatic N) is 3. The zero-order valence-corrected chi connectivity index (χ0v) is 8.94. The minimum atomic E-state index is -2.78. The van der Waals surface area contributed by atoms with Gasteiger partial charge in [-0.25, -0.2) is 8.78 Å². The summed E-state index contributed by atoms with van der Waals surface area (Å²) in [4.78, 5) is 0. The first-order valence-corrected chi connectivity index (χ1v) is 4.79. The van der Waals surface area contributed by atoms with Crippen molar-refractivity contribution >= 4 is 0 Å². The van der Waals surface area contributed by atoms with Gasteiger partial charge in [0.15, 0.2) is 5.76 Å². The molecule has 0 bridgehead atoms. The van der Waals surface area contributed by atoms with E-state index in [2.05, 4.69) is 10.3 Å². The van der Waals surface area contributed by atoms with Crippen LogP contribution in [0.4, 0.5) is 8.78 Å². The number of halogens is 2. The van der Waals surface area contributed by atoms with E-state index < -0.39 is 12.5 Å². The Kier molecular flexibility index (Phi) is 2.49. The smallest absolute Gasteiger partial charge is 0.264 e. The summed E-state index contributed by atoms with van der Waals surface area (Å²) in [6.07, 6.45) is 1.48. The van der Waals surface area contributed by atoms with Gasteiger partial charge in [-0.1, -0.05) is 5.16 Å². The predicted octanol–water partition coefficient (Wildman–Crippen LogP) is 2.50. The molecule has 0 aliphatic carbocycles. The molecule has 4 nitrogen and oxygen atoms in total. The van der Waals surface area contributed by atoms with Crippen molar-refractivity contribution in [1.82, 2.24) is 14.9 Å². The molecule has 0 N–H and O–H groups in total. The third-order valence-corrected chi connectivity index (χ3v) is 2.10. The summed E-state index contributed by atoms with van der Waals surface area (Å²) in [6, 6.07) is 3.32. The number of hydrogen-bond acceptors (Lipinski definition) is 3. The SMILES string of the molecule is Cc1cc(-c2ccno2)nn1CC(C)(F)F. The van der Waals surface area contributed by atoms with Crippen LogP contribution in [-0.4, -0.2) is 20.9 Å². The largest absolute Gasteiger partial charge is 0.355 e. The molecule has 16 heavy (non-hydrogen) atoms. The fourth-order valence-electron chi connectivity index (χ4n) is 1.40. The van der Waals surface area contributed by atoms with Crippen LogP contribution in [0.15, 0.2) is 22.9 Å². The monoisotopic (exact) mass is 227 g/mol. The second kappa shape index (κ2) is 3.70. The molecular formula is C10H11F2N3O. The summed E-state index contributed by atoms with van der Waals surface area (Å²) in [5.41, 5.74) is 1.17. The van der Waals surface area contributed by atoms with Gasteiger partial charge in [-0.2, -0.15) is 5.10 Å². The Balaban J connectivity index is 2.29. The van der Waals surface area contributed by atoms with Crippen LogP contribution in [0.1, 0.15) is 12.6 Å².